The molecule has 1 aromatic heterocycles. The molecule has 0 unspecified atom stereocenters. The zero-order valence-corrected chi connectivity index (χ0v) is 7.23. The number of ether oxygens (including phenoxy) is 1. The molecule has 5 heteroatoms. The Morgan fingerprint density at radius 3 is 3.31 bits per heavy atom. The Balaban J connectivity index is 2.43. The first-order chi connectivity index (χ1) is 6.20. The van der Waals surface area contributed by atoms with Crippen LogP contribution in [0, 0.1) is 0 Å². The lowest BCUT2D eigenvalue weighted by atomic mass is 10.1. The predicted molar refractivity (Wildman–Crippen MR) is 43.2 cm³/mol. The van der Waals surface area contributed by atoms with Crippen molar-refractivity contribution in [3.05, 3.63) is 17.5 Å². The molecule has 70 valence electrons. The standard InChI is InChI=1S/C8H10N2O3/c1-10-6-2-3-13-7(8(11)12)5(6)4-9-10/h4,7H,2-3H2,1H3,(H,11,12)/t7-/m0/s1. The molecule has 0 amide bonds. The van der Waals surface area contributed by atoms with Crippen molar-refractivity contribution in [2.75, 3.05) is 6.61 Å². The van der Waals surface area contributed by atoms with Crippen LogP contribution in [0.3, 0.4) is 0 Å². The lowest BCUT2D eigenvalue weighted by Crippen LogP contribution is -2.23. The van der Waals surface area contributed by atoms with Gasteiger partial charge in [0.05, 0.1) is 12.8 Å². The van der Waals surface area contributed by atoms with Crippen LogP contribution < -0.4 is 0 Å². The molecule has 13 heavy (non-hydrogen) atoms. The molecule has 0 radical (unpaired) electrons. The van der Waals surface area contributed by atoms with E-state index in [1.165, 1.54) is 0 Å². The normalized spacial score (nSPS) is 21.2. The molecule has 2 rings (SSSR count). The molecular weight excluding hydrogens is 172 g/mol. The maximum Gasteiger partial charge on any atom is 0.337 e. The van der Waals surface area contributed by atoms with Crippen molar-refractivity contribution in [2.24, 2.45) is 7.05 Å². The minimum atomic E-state index is -0.950. The molecule has 1 N–H and O–H groups in total. The van der Waals surface area contributed by atoms with E-state index in [2.05, 4.69) is 5.10 Å². The van der Waals surface area contributed by atoms with Crippen molar-refractivity contribution in [1.29, 1.82) is 0 Å². The average molecular weight is 182 g/mol. The molecule has 0 fully saturated rings. The highest BCUT2D eigenvalue weighted by Gasteiger charge is 2.29. The lowest BCUT2D eigenvalue weighted by Gasteiger charge is -2.19. The average Bonchev–Trinajstić information content (AvgIpc) is 2.48. The van der Waals surface area contributed by atoms with Crippen LogP contribution in [0.15, 0.2) is 6.20 Å². The van der Waals surface area contributed by atoms with E-state index in [0.29, 0.717) is 12.2 Å². The summed E-state index contributed by atoms with van der Waals surface area (Å²) in [5.41, 5.74) is 1.64. The number of carbonyl (C=O) groups is 1. The van der Waals surface area contributed by atoms with Crippen LogP contribution in [0.4, 0.5) is 0 Å². The van der Waals surface area contributed by atoms with Crippen molar-refractivity contribution in [2.45, 2.75) is 12.5 Å². The summed E-state index contributed by atoms with van der Waals surface area (Å²) in [4.78, 5) is 10.8. The van der Waals surface area contributed by atoms with Crippen LogP contribution in [-0.4, -0.2) is 27.5 Å². The number of fused-ring (bicyclic) bond motifs is 1. The highest BCUT2D eigenvalue weighted by molar-refractivity contribution is 5.75. The number of aromatic nitrogens is 2. The van der Waals surface area contributed by atoms with Crippen molar-refractivity contribution in [3.8, 4) is 0 Å². The molecule has 0 aliphatic carbocycles. The predicted octanol–water partition coefficient (Wildman–Crippen LogP) is 0.118. The molecule has 0 bridgehead atoms. The summed E-state index contributed by atoms with van der Waals surface area (Å²) in [6.45, 7) is 0.448. The van der Waals surface area contributed by atoms with Gasteiger partial charge in [-0.15, -0.1) is 0 Å². The highest BCUT2D eigenvalue weighted by Crippen LogP contribution is 2.26. The molecule has 0 saturated carbocycles. The van der Waals surface area contributed by atoms with Crippen LogP contribution in [0.25, 0.3) is 0 Å². The van der Waals surface area contributed by atoms with E-state index in [4.69, 9.17) is 9.84 Å². The lowest BCUT2D eigenvalue weighted by molar-refractivity contribution is -0.151. The zero-order valence-electron chi connectivity index (χ0n) is 7.23. The van der Waals surface area contributed by atoms with Gasteiger partial charge in [-0.25, -0.2) is 4.79 Å². The fourth-order valence-corrected chi connectivity index (χ4v) is 1.57. The van der Waals surface area contributed by atoms with Crippen LogP contribution in [0.2, 0.25) is 0 Å². The summed E-state index contributed by atoms with van der Waals surface area (Å²) in [6.07, 6.45) is 1.46. The van der Waals surface area contributed by atoms with Gasteiger partial charge in [0, 0.05) is 24.7 Å². The van der Waals surface area contributed by atoms with E-state index in [1.54, 1.807) is 10.9 Å². The van der Waals surface area contributed by atoms with Gasteiger partial charge in [-0.1, -0.05) is 0 Å². The highest BCUT2D eigenvalue weighted by atomic mass is 16.5. The Labute approximate surface area is 74.9 Å². The monoisotopic (exact) mass is 182 g/mol. The fraction of sp³-hybridized carbons (Fsp3) is 0.500. The van der Waals surface area contributed by atoms with Crippen molar-refractivity contribution < 1.29 is 14.6 Å². The van der Waals surface area contributed by atoms with Crippen LogP contribution in [-0.2, 0) is 23.0 Å². The Kier molecular flexibility index (Phi) is 1.81. The third-order valence-electron chi connectivity index (χ3n) is 2.22. The van der Waals surface area contributed by atoms with Crippen LogP contribution >= 0.6 is 0 Å². The summed E-state index contributed by atoms with van der Waals surface area (Å²) in [7, 11) is 1.81. The second-order valence-corrected chi connectivity index (χ2v) is 3.01. The van der Waals surface area contributed by atoms with Crippen molar-refractivity contribution in [3.63, 3.8) is 0 Å². The molecular formula is C8H10N2O3. The van der Waals surface area contributed by atoms with Gasteiger partial charge < -0.3 is 9.84 Å². The number of nitrogens with zero attached hydrogens (tertiary/aromatic N) is 2. The zero-order chi connectivity index (χ0) is 9.42. The number of aliphatic carboxylic acids is 1. The van der Waals surface area contributed by atoms with E-state index in [9.17, 15) is 4.79 Å². The Morgan fingerprint density at radius 2 is 2.62 bits per heavy atom. The van der Waals surface area contributed by atoms with Gasteiger partial charge in [-0.3, -0.25) is 4.68 Å². The van der Waals surface area contributed by atoms with E-state index in [0.717, 1.165) is 12.1 Å². The van der Waals surface area contributed by atoms with Crippen molar-refractivity contribution >= 4 is 5.97 Å². The second-order valence-electron chi connectivity index (χ2n) is 3.01. The number of aryl methyl sites for hydroxylation is 1. The number of hydrogen-bond acceptors (Lipinski definition) is 3. The summed E-state index contributed by atoms with van der Waals surface area (Å²) < 4.78 is 6.83. The van der Waals surface area contributed by atoms with Gasteiger partial charge >= 0.3 is 5.97 Å². The van der Waals surface area contributed by atoms with E-state index in [-0.39, 0.29) is 0 Å². The number of carboxylic acid groups (broad SMARTS) is 1. The minimum Gasteiger partial charge on any atom is -0.479 e. The first-order valence-corrected chi connectivity index (χ1v) is 4.05. The summed E-state index contributed by atoms with van der Waals surface area (Å²) in [6, 6.07) is 0. The van der Waals surface area contributed by atoms with Gasteiger partial charge in [0.1, 0.15) is 0 Å². The molecule has 0 aromatic carbocycles. The maximum atomic E-state index is 10.8. The quantitative estimate of drug-likeness (QED) is 0.670. The summed E-state index contributed by atoms with van der Waals surface area (Å²) >= 11 is 0. The van der Waals surface area contributed by atoms with E-state index < -0.39 is 12.1 Å². The van der Waals surface area contributed by atoms with Crippen molar-refractivity contribution in [1.82, 2.24) is 9.78 Å². The number of carboxylic acids is 1. The van der Waals surface area contributed by atoms with E-state index >= 15 is 0 Å². The minimum absolute atomic E-state index is 0.448. The first kappa shape index (κ1) is 8.25. The van der Waals surface area contributed by atoms with Gasteiger partial charge in [-0.05, 0) is 0 Å². The second kappa shape index (κ2) is 2.85. The third-order valence-corrected chi connectivity index (χ3v) is 2.22. The Bertz CT molecular complexity index is 345. The number of rotatable bonds is 1. The Hall–Kier alpha value is -1.36. The smallest absolute Gasteiger partial charge is 0.337 e. The molecule has 1 aliphatic heterocycles. The summed E-state index contributed by atoms with van der Waals surface area (Å²) in [5.74, 6) is -0.950. The Morgan fingerprint density at radius 1 is 1.85 bits per heavy atom. The number of hydrogen-bond donors (Lipinski definition) is 1. The molecule has 5 nitrogen and oxygen atoms in total. The largest absolute Gasteiger partial charge is 0.479 e. The third kappa shape index (κ3) is 1.21. The van der Waals surface area contributed by atoms with Crippen LogP contribution in [0.5, 0.6) is 0 Å². The topological polar surface area (TPSA) is 64.4 Å². The van der Waals surface area contributed by atoms with Gasteiger partial charge in [0.15, 0.2) is 6.10 Å². The van der Waals surface area contributed by atoms with Crippen LogP contribution in [0.1, 0.15) is 17.4 Å². The van der Waals surface area contributed by atoms with E-state index in [1.807, 2.05) is 7.05 Å². The first-order valence-electron chi connectivity index (χ1n) is 4.05. The van der Waals surface area contributed by atoms with Gasteiger partial charge in [-0.2, -0.15) is 5.10 Å². The van der Waals surface area contributed by atoms with Gasteiger partial charge in [0.25, 0.3) is 0 Å². The molecule has 1 atom stereocenters. The fourth-order valence-electron chi connectivity index (χ4n) is 1.57. The molecule has 0 saturated heterocycles. The molecule has 1 aromatic rings. The maximum absolute atomic E-state index is 10.8. The van der Waals surface area contributed by atoms with Gasteiger partial charge in [0.2, 0.25) is 0 Å². The summed E-state index contributed by atoms with van der Waals surface area (Å²) in [5, 5.41) is 12.8. The molecule has 1 aliphatic rings. The molecule has 0 spiro atoms. The SMILES string of the molecule is Cn1ncc2c1CCO[C@@H]2C(=O)O. The molecule has 2 heterocycles.